The van der Waals surface area contributed by atoms with Gasteiger partial charge in [0.05, 0.1) is 13.2 Å². The number of nitrogens with zero attached hydrogens (tertiary/aromatic N) is 2. The molecule has 0 saturated carbocycles. The SMILES string of the molecule is COc1ccc2ccccc2c1CCC(=O)N1CC(N2C(=O)CCC2=O)C1. The zero-order valence-corrected chi connectivity index (χ0v) is 15.3. The van der Waals surface area contributed by atoms with Crippen LogP contribution < -0.4 is 4.74 Å². The summed E-state index contributed by atoms with van der Waals surface area (Å²) in [5.41, 5.74) is 1.03. The standard InChI is InChI=1S/C21H22N2O4/c1-27-18-8-6-14-4-2-3-5-16(14)17(18)7-9-19(24)22-12-15(13-22)23-20(25)10-11-21(23)26/h2-6,8,15H,7,9-13H2,1H3. The summed E-state index contributed by atoms with van der Waals surface area (Å²) >= 11 is 0. The number of carbonyl (C=O) groups excluding carboxylic acids is 3. The van der Waals surface area contributed by atoms with Crippen LogP contribution in [0.2, 0.25) is 0 Å². The Morgan fingerprint density at radius 2 is 1.78 bits per heavy atom. The quantitative estimate of drug-likeness (QED) is 0.761. The summed E-state index contributed by atoms with van der Waals surface area (Å²) in [5.74, 6) is 0.603. The third-order valence-electron chi connectivity index (χ3n) is 5.48. The highest BCUT2D eigenvalue weighted by molar-refractivity contribution is 6.02. The lowest BCUT2D eigenvalue weighted by molar-refractivity contribution is -0.151. The lowest BCUT2D eigenvalue weighted by Crippen LogP contribution is -2.62. The first-order chi connectivity index (χ1) is 13.1. The molecule has 3 amide bonds. The second-order valence-corrected chi connectivity index (χ2v) is 7.08. The number of fused-ring (bicyclic) bond motifs is 1. The molecule has 6 heteroatoms. The molecule has 4 rings (SSSR count). The Labute approximate surface area is 157 Å². The average molecular weight is 366 g/mol. The smallest absolute Gasteiger partial charge is 0.230 e. The van der Waals surface area contributed by atoms with Crippen molar-refractivity contribution in [1.29, 1.82) is 0 Å². The van der Waals surface area contributed by atoms with E-state index in [4.69, 9.17) is 4.74 Å². The molecule has 0 unspecified atom stereocenters. The summed E-state index contributed by atoms with van der Waals surface area (Å²) in [7, 11) is 1.64. The molecule has 0 atom stereocenters. The van der Waals surface area contributed by atoms with Crippen molar-refractivity contribution in [3.05, 3.63) is 42.0 Å². The Hall–Kier alpha value is -2.89. The summed E-state index contributed by atoms with van der Waals surface area (Å²) < 4.78 is 5.49. The number of aryl methyl sites for hydroxylation is 1. The van der Waals surface area contributed by atoms with E-state index in [9.17, 15) is 14.4 Å². The van der Waals surface area contributed by atoms with Crippen LogP contribution in [0.25, 0.3) is 10.8 Å². The third-order valence-corrected chi connectivity index (χ3v) is 5.48. The highest BCUT2D eigenvalue weighted by Gasteiger charge is 2.42. The number of rotatable bonds is 5. The number of carbonyl (C=O) groups is 3. The number of ether oxygens (including phenoxy) is 1. The van der Waals surface area contributed by atoms with Crippen LogP contribution in [0, 0.1) is 0 Å². The van der Waals surface area contributed by atoms with Gasteiger partial charge in [0, 0.05) is 37.9 Å². The van der Waals surface area contributed by atoms with Crippen molar-refractivity contribution in [1.82, 2.24) is 9.80 Å². The van der Waals surface area contributed by atoms with Gasteiger partial charge in [-0.2, -0.15) is 0 Å². The second kappa shape index (κ2) is 7.02. The van der Waals surface area contributed by atoms with E-state index in [1.165, 1.54) is 4.90 Å². The second-order valence-electron chi connectivity index (χ2n) is 7.08. The molecule has 2 aliphatic heterocycles. The number of amides is 3. The van der Waals surface area contributed by atoms with Crippen molar-refractivity contribution in [2.75, 3.05) is 20.2 Å². The Bertz CT molecular complexity index is 902. The predicted molar refractivity (Wildman–Crippen MR) is 100 cm³/mol. The maximum atomic E-state index is 12.6. The van der Waals surface area contributed by atoms with Gasteiger partial charge in [0.2, 0.25) is 17.7 Å². The van der Waals surface area contributed by atoms with E-state index in [-0.39, 0.29) is 23.8 Å². The van der Waals surface area contributed by atoms with Crippen LogP contribution >= 0.6 is 0 Å². The summed E-state index contributed by atoms with van der Waals surface area (Å²) in [6, 6.07) is 11.9. The van der Waals surface area contributed by atoms with Gasteiger partial charge in [-0.25, -0.2) is 0 Å². The van der Waals surface area contributed by atoms with Crippen molar-refractivity contribution in [2.45, 2.75) is 31.7 Å². The molecule has 0 radical (unpaired) electrons. The molecule has 2 fully saturated rings. The van der Waals surface area contributed by atoms with Crippen LogP contribution in [0.3, 0.4) is 0 Å². The minimum absolute atomic E-state index is 0.0420. The minimum Gasteiger partial charge on any atom is -0.496 e. The van der Waals surface area contributed by atoms with Gasteiger partial charge < -0.3 is 9.64 Å². The molecule has 2 aliphatic rings. The predicted octanol–water partition coefficient (Wildman–Crippen LogP) is 2.14. The third kappa shape index (κ3) is 3.16. The zero-order valence-electron chi connectivity index (χ0n) is 15.3. The number of imide groups is 1. The fourth-order valence-electron chi connectivity index (χ4n) is 3.98. The first-order valence-electron chi connectivity index (χ1n) is 9.25. The largest absolute Gasteiger partial charge is 0.496 e. The maximum Gasteiger partial charge on any atom is 0.230 e. The van der Waals surface area contributed by atoms with Crippen molar-refractivity contribution >= 4 is 28.5 Å². The topological polar surface area (TPSA) is 66.9 Å². The van der Waals surface area contributed by atoms with Gasteiger partial charge in [0.1, 0.15) is 5.75 Å². The number of methoxy groups -OCH3 is 1. The number of likely N-dealkylation sites (tertiary alicyclic amines) is 2. The minimum atomic E-state index is -0.149. The van der Waals surface area contributed by atoms with E-state index >= 15 is 0 Å². The molecule has 2 saturated heterocycles. The van der Waals surface area contributed by atoms with E-state index in [1.807, 2.05) is 36.4 Å². The Balaban J connectivity index is 1.40. The number of hydrogen-bond donors (Lipinski definition) is 0. The Kier molecular flexibility index (Phi) is 4.56. The van der Waals surface area contributed by atoms with Gasteiger partial charge in [-0.1, -0.05) is 30.3 Å². The molecule has 0 aromatic heterocycles. The number of hydrogen-bond acceptors (Lipinski definition) is 4. The highest BCUT2D eigenvalue weighted by Crippen LogP contribution is 2.30. The molecule has 2 aromatic carbocycles. The van der Waals surface area contributed by atoms with E-state index in [0.717, 1.165) is 22.1 Å². The van der Waals surface area contributed by atoms with Gasteiger partial charge in [0.25, 0.3) is 0 Å². The van der Waals surface area contributed by atoms with Crippen LogP contribution in [0.15, 0.2) is 36.4 Å². The van der Waals surface area contributed by atoms with E-state index < -0.39 is 0 Å². The molecular weight excluding hydrogens is 344 g/mol. The fourth-order valence-corrected chi connectivity index (χ4v) is 3.98. The molecule has 0 aliphatic carbocycles. The molecule has 0 N–H and O–H groups in total. The molecule has 0 spiro atoms. The van der Waals surface area contributed by atoms with Crippen LogP contribution in [-0.2, 0) is 20.8 Å². The van der Waals surface area contributed by atoms with Crippen molar-refractivity contribution in [2.24, 2.45) is 0 Å². The normalized spacial score (nSPS) is 17.5. The first kappa shape index (κ1) is 17.5. The van der Waals surface area contributed by atoms with Gasteiger partial charge >= 0.3 is 0 Å². The van der Waals surface area contributed by atoms with Gasteiger partial charge in [-0.15, -0.1) is 0 Å². The lowest BCUT2D eigenvalue weighted by atomic mass is 9.98. The number of benzene rings is 2. The first-order valence-corrected chi connectivity index (χ1v) is 9.25. The molecule has 2 aromatic rings. The molecule has 140 valence electrons. The van der Waals surface area contributed by atoms with Crippen LogP contribution in [0.4, 0.5) is 0 Å². The Morgan fingerprint density at radius 1 is 1.07 bits per heavy atom. The van der Waals surface area contributed by atoms with E-state index in [1.54, 1.807) is 12.0 Å². The average Bonchev–Trinajstić information content (AvgIpc) is 2.97. The maximum absolute atomic E-state index is 12.6. The van der Waals surface area contributed by atoms with Crippen LogP contribution in [-0.4, -0.2) is 53.8 Å². The fraction of sp³-hybridized carbons (Fsp3) is 0.381. The molecule has 0 bridgehead atoms. The van der Waals surface area contributed by atoms with Gasteiger partial charge in [-0.3, -0.25) is 19.3 Å². The molecule has 2 heterocycles. The van der Waals surface area contributed by atoms with E-state index in [0.29, 0.717) is 38.8 Å². The summed E-state index contributed by atoms with van der Waals surface area (Å²) in [4.78, 5) is 39.2. The summed E-state index contributed by atoms with van der Waals surface area (Å²) in [5, 5.41) is 2.22. The van der Waals surface area contributed by atoms with Crippen molar-refractivity contribution in [3.8, 4) is 5.75 Å². The zero-order chi connectivity index (χ0) is 19.0. The monoisotopic (exact) mass is 366 g/mol. The van der Waals surface area contributed by atoms with Gasteiger partial charge in [-0.05, 0) is 23.3 Å². The lowest BCUT2D eigenvalue weighted by Gasteiger charge is -2.43. The Morgan fingerprint density at radius 3 is 2.48 bits per heavy atom. The van der Waals surface area contributed by atoms with Crippen molar-refractivity contribution in [3.63, 3.8) is 0 Å². The van der Waals surface area contributed by atoms with Gasteiger partial charge in [0.15, 0.2) is 0 Å². The molecular formula is C21H22N2O4. The summed E-state index contributed by atoms with van der Waals surface area (Å²) in [6.45, 7) is 0.895. The van der Waals surface area contributed by atoms with Crippen LogP contribution in [0.1, 0.15) is 24.8 Å². The van der Waals surface area contributed by atoms with Crippen molar-refractivity contribution < 1.29 is 19.1 Å². The molecule has 6 nitrogen and oxygen atoms in total. The van der Waals surface area contributed by atoms with E-state index in [2.05, 4.69) is 0 Å². The van der Waals surface area contributed by atoms with Crippen LogP contribution in [0.5, 0.6) is 5.75 Å². The summed E-state index contributed by atoms with van der Waals surface area (Å²) in [6.07, 6.45) is 1.55. The molecule has 27 heavy (non-hydrogen) atoms. The highest BCUT2D eigenvalue weighted by atomic mass is 16.5.